The molecule has 0 aromatic heterocycles. The van der Waals surface area contributed by atoms with E-state index in [0.717, 1.165) is 30.6 Å². The highest BCUT2D eigenvalue weighted by Gasteiger charge is 2.68. The minimum atomic E-state index is -0.447. The van der Waals surface area contributed by atoms with Crippen molar-refractivity contribution in [3.63, 3.8) is 0 Å². The molecule has 5 rings (SSSR count). The smallest absolute Gasteiger partial charge is 0.0720 e. The second-order valence-electron chi connectivity index (χ2n) is 14.2. The molecule has 0 amide bonds. The van der Waals surface area contributed by atoms with Gasteiger partial charge in [0.15, 0.2) is 0 Å². The standard InChI is InChI=1S/C29H49NO/c1-18-10-13-25(3)16-17-27(5)20(24(25)19(18)2)8-9-21-26(4)14-12-23(31)29(7,30)22(26)11-15-28(21,27)6/h8,18-19,21-24,31H,9-17,30H2,1-7H3/t18-,19+,21-,22-,23-,24+,25-,26-,27-,28-,29-/m1/s1. The van der Waals surface area contributed by atoms with Gasteiger partial charge in [0.25, 0.3) is 0 Å². The van der Waals surface area contributed by atoms with E-state index in [0.29, 0.717) is 28.1 Å². The molecule has 0 aromatic carbocycles. The fraction of sp³-hybridized carbons (Fsp3) is 0.931. The quantitative estimate of drug-likeness (QED) is 0.422. The summed E-state index contributed by atoms with van der Waals surface area (Å²) in [7, 11) is 0. The van der Waals surface area contributed by atoms with Gasteiger partial charge in [-0.05, 0) is 116 Å². The third-order valence-corrected chi connectivity index (χ3v) is 13.1. The van der Waals surface area contributed by atoms with E-state index < -0.39 is 5.54 Å². The average molecular weight is 428 g/mol. The zero-order valence-corrected chi connectivity index (χ0v) is 21.4. The Bertz CT molecular complexity index is 786. The van der Waals surface area contributed by atoms with Gasteiger partial charge in [0.1, 0.15) is 0 Å². The highest BCUT2D eigenvalue weighted by atomic mass is 16.3. The van der Waals surface area contributed by atoms with Gasteiger partial charge in [-0.25, -0.2) is 0 Å². The maximum Gasteiger partial charge on any atom is 0.0720 e. The second-order valence-corrected chi connectivity index (χ2v) is 14.2. The molecule has 0 heterocycles. The number of aliphatic hydroxyl groups is 1. The first-order chi connectivity index (χ1) is 14.3. The van der Waals surface area contributed by atoms with E-state index in [1.165, 1.54) is 44.9 Å². The highest BCUT2D eigenvalue weighted by Crippen LogP contribution is 2.74. The molecule has 31 heavy (non-hydrogen) atoms. The van der Waals surface area contributed by atoms with Crippen molar-refractivity contribution in [2.75, 3.05) is 0 Å². The molecule has 5 aliphatic rings. The van der Waals surface area contributed by atoms with Crippen molar-refractivity contribution < 1.29 is 5.11 Å². The summed E-state index contributed by atoms with van der Waals surface area (Å²) in [4.78, 5) is 0. The lowest BCUT2D eigenvalue weighted by atomic mass is 9.34. The van der Waals surface area contributed by atoms with Gasteiger partial charge in [-0.1, -0.05) is 53.2 Å². The number of rotatable bonds is 0. The van der Waals surface area contributed by atoms with Crippen LogP contribution in [0, 0.1) is 51.2 Å². The fourth-order valence-electron chi connectivity index (χ4n) is 10.6. The Hall–Kier alpha value is -0.340. The minimum Gasteiger partial charge on any atom is -0.391 e. The van der Waals surface area contributed by atoms with Crippen molar-refractivity contribution >= 4 is 0 Å². The third-order valence-electron chi connectivity index (χ3n) is 13.1. The Morgan fingerprint density at radius 2 is 1.58 bits per heavy atom. The van der Waals surface area contributed by atoms with Crippen LogP contribution in [0.2, 0.25) is 0 Å². The van der Waals surface area contributed by atoms with E-state index >= 15 is 0 Å². The van der Waals surface area contributed by atoms with Crippen molar-refractivity contribution in [1.82, 2.24) is 0 Å². The van der Waals surface area contributed by atoms with Crippen LogP contribution in [-0.4, -0.2) is 16.7 Å². The van der Waals surface area contributed by atoms with Gasteiger partial charge in [0.05, 0.1) is 6.10 Å². The number of fused-ring (bicyclic) bond motifs is 7. The van der Waals surface area contributed by atoms with E-state index in [4.69, 9.17) is 5.73 Å². The lowest BCUT2D eigenvalue weighted by Gasteiger charge is -2.71. The average Bonchev–Trinajstić information content (AvgIpc) is 2.69. The maximum absolute atomic E-state index is 10.8. The molecule has 0 bridgehead atoms. The van der Waals surface area contributed by atoms with Gasteiger partial charge in [0.2, 0.25) is 0 Å². The number of aliphatic hydroxyl groups excluding tert-OH is 1. The third kappa shape index (κ3) is 2.64. The topological polar surface area (TPSA) is 46.2 Å². The number of nitrogens with two attached hydrogens (primary N) is 1. The first-order valence-electron chi connectivity index (χ1n) is 13.5. The van der Waals surface area contributed by atoms with E-state index in [2.05, 4.69) is 54.5 Å². The lowest BCUT2D eigenvalue weighted by molar-refractivity contribution is -0.186. The second kappa shape index (κ2) is 6.62. The molecule has 0 aliphatic heterocycles. The fourth-order valence-corrected chi connectivity index (χ4v) is 10.6. The number of hydrogen-bond donors (Lipinski definition) is 2. The molecule has 5 aliphatic carbocycles. The summed E-state index contributed by atoms with van der Waals surface area (Å²) in [6, 6.07) is 0. The lowest BCUT2D eigenvalue weighted by Crippen LogP contribution is -2.69. The zero-order chi connectivity index (χ0) is 22.6. The van der Waals surface area contributed by atoms with Gasteiger partial charge < -0.3 is 10.8 Å². The van der Waals surface area contributed by atoms with Crippen molar-refractivity contribution in [3.8, 4) is 0 Å². The molecule has 2 heteroatoms. The largest absolute Gasteiger partial charge is 0.391 e. The molecule has 4 saturated carbocycles. The zero-order valence-electron chi connectivity index (χ0n) is 21.4. The van der Waals surface area contributed by atoms with E-state index in [-0.39, 0.29) is 11.5 Å². The van der Waals surface area contributed by atoms with E-state index in [9.17, 15) is 5.11 Å². The van der Waals surface area contributed by atoms with Crippen molar-refractivity contribution in [3.05, 3.63) is 11.6 Å². The Balaban J connectivity index is 1.59. The summed E-state index contributed by atoms with van der Waals surface area (Å²) in [6.07, 6.45) is 13.7. The molecule has 0 aromatic rings. The molecule has 2 nitrogen and oxygen atoms in total. The van der Waals surface area contributed by atoms with Crippen LogP contribution in [0.4, 0.5) is 0 Å². The predicted molar refractivity (Wildman–Crippen MR) is 129 cm³/mol. The van der Waals surface area contributed by atoms with Crippen LogP contribution in [0.25, 0.3) is 0 Å². The Kier molecular flexibility index (Phi) is 4.80. The Labute approximate surface area is 191 Å². The molecular weight excluding hydrogens is 378 g/mol. The first kappa shape index (κ1) is 22.5. The van der Waals surface area contributed by atoms with Gasteiger partial charge in [-0.2, -0.15) is 0 Å². The summed E-state index contributed by atoms with van der Waals surface area (Å²) in [5, 5.41) is 10.8. The summed E-state index contributed by atoms with van der Waals surface area (Å²) in [6.45, 7) is 17.7. The van der Waals surface area contributed by atoms with Gasteiger partial charge >= 0.3 is 0 Å². The van der Waals surface area contributed by atoms with Crippen LogP contribution in [0.15, 0.2) is 11.6 Å². The Morgan fingerprint density at radius 3 is 2.29 bits per heavy atom. The Morgan fingerprint density at radius 1 is 0.871 bits per heavy atom. The van der Waals surface area contributed by atoms with E-state index in [1.54, 1.807) is 0 Å². The van der Waals surface area contributed by atoms with Crippen LogP contribution >= 0.6 is 0 Å². The van der Waals surface area contributed by atoms with Crippen LogP contribution in [-0.2, 0) is 0 Å². The molecule has 0 radical (unpaired) electrons. The first-order valence-corrected chi connectivity index (χ1v) is 13.5. The summed E-state index contributed by atoms with van der Waals surface area (Å²) < 4.78 is 0. The monoisotopic (exact) mass is 427 g/mol. The minimum absolute atomic E-state index is 0.243. The van der Waals surface area contributed by atoms with Crippen molar-refractivity contribution in [2.45, 2.75) is 118 Å². The molecular formula is C29H49NO. The molecule has 176 valence electrons. The molecule has 0 spiro atoms. The van der Waals surface area contributed by atoms with Gasteiger partial charge in [-0.3, -0.25) is 0 Å². The molecule has 3 N–H and O–H groups in total. The van der Waals surface area contributed by atoms with Crippen LogP contribution in [0.5, 0.6) is 0 Å². The van der Waals surface area contributed by atoms with Crippen molar-refractivity contribution in [2.24, 2.45) is 57.0 Å². The van der Waals surface area contributed by atoms with Crippen LogP contribution in [0.3, 0.4) is 0 Å². The summed E-state index contributed by atoms with van der Waals surface area (Å²) in [5.41, 5.74) is 9.69. The highest BCUT2D eigenvalue weighted by molar-refractivity contribution is 5.34. The number of allylic oxidation sites excluding steroid dienone is 2. The van der Waals surface area contributed by atoms with Gasteiger partial charge in [-0.15, -0.1) is 0 Å². The summed E-state index contributed by atoms with van der Waals surface area (Å²) >= 11 is 0. The van der Waals surface area contributed by atoms with Crippen LogP contribution in [0.1, 0.15) is 106 Å². The normalized spacial score (nSPS) is 61.4. The number of hydrogen-bond acceptors (Lipinski definition) is 2. The summed E-state index contributed by atoms with van der Waals surface area (Å²) in [5.74, 6) is 3.53. The molecule has 4 fully saturated rings. The molecule has 0 unspecified atom stereocenters. The van der Waals surface area contributed by atoms with Crippen molar-refractivity contribution in [1.29, 1.82) is 0 Å². The SMILES string of the molecule is C[C@H]1[C@H](C)CC[C@]2(C)CC[C@]3(C)C(=CC[C@@H]4[C@@]5(C)CC[C@@H](O)[C@](C)(N)[C@@H]5CC[C@]43C)[C@H]12. The molecule has 0 saturated heterocycles. The molecule has 11 atom stereocenters. The van der Waals surface area contributed by atoms with E-state index in [1.807, 2.05) is 5.57 Å². The predicted octanol–water partition coefficient (Wildman–Crippen LogP) is 6.72. The maximum atomic E-state index is 10.8. The van der Waals surface area contributed by atoms with Gasteiger partial charge in [0, 0.05) is 5.54 Å². The van der Waals surface area contributed by atoms with Crippen LogP contribution < -0.4 is 5.73 Å².